The predicted molar refractivity (Wildman–Crippen MR) is 110 cm³/mol. The third-order valence-corrected chi connectivity index (χ3v) is 5.19. The van der Waals surface area contributed by atoms with E-state index in [4.69, 9.17) is 0 Å². The van der Waals surface area contributed by atoms with Gasteiger partial charge in [-0.3, -0.25) is 0 Å². The molecule has 0 spiro atoms. The molecule has 0 N–H and O–H groups in total. The van der Waals surface area contributed by atoms with E-state index in [0.717, 1.165) is 12.1 Å². The molecule has 0 atom stereocenters. The van der Waals surface area contributed by atoms with E-state index >= 15 is 0 Å². The van der Waals surface area contributed by atoms with Crippen LogP contribution in [0.3, 0.4) is 0 Å². The average Bonchev–Trinajstić information content (AvgIpc) is 3.01. The molecule has 0 amide bonds. The standard InChI is InChI=1S/C24H22N2/c1-17-12-14-21(18(17)2)23-15-13-19-8-6-7-11-22(19)24(23)16-25-26-20-9-4-3-5-10-20/h3-13,15H,14,16H2,1-2H3. The molecule has 128 valence electrons. The van der Waals surface area contributed by atoms with E-state index in [-0.39, 0.29) is 0 Å². The third-order valence-electron chi connectivity index (χ3n) is 5.19. The first kappa shape index (κ1) is 16.5. The summed E-state index contributed by atoms with van der Waals surface area (Å²) in [6.45, 7) is 5.00. The molecule has 4 rings (SSSR count). The Kier molecular flexibility index (Phi) is 4.49. The largest absolute Gasteiger partial charge is 0.184 e. The van der Waals surface area contributed by atoms with Crippen LogP contribution >= 0.6 is 0 Å². The second-order valence-corrected chi connectivity index (χ2v) is 6.74. The van der Waals surface area contributed by atoms with Crippen LogP contribution in [0.1, 0.15) is 31.4 Å². The monoisotopic (exact) mass is 338 g/mol. The quantitative estimate of drug-likeness (QED) is 0.448. The molecule has 0 saturated heterocycles. The SMILES string of the molecule is CC1=CCC(c2ccc3ccccc3c2CN=Nc2ccccc2)=C1C. The van der Waals surface area contributed by atoms with Crippen LogP contribution in [-0.2, 0) is 6.54 Å². The van der Waals surface area contributed by atoms with Gasteiger partial charge in [0.05, 0.1) is 12.2 Å². The van der Waals surface area contributed by atoms with Crippen LogP contribution in [0.15, 0.2) is 94.2 Å². The highest BCUT2D eigenvalue weighted by Crippen LogP contribution is 2.37. The second-order valence-electron chi connectivity index (χ2n) is 6.74. The summed E-state index contributed by atoms with van der Waals surface area (Å²) in [4.78, 5) is 0. The van der Waals surface area contributed by atoms with Gasteiger partial charge in [-0.15, -0.1) is 0 Å². The maximum absolute atomic E-state index is 4.52. The van der Waals surface area contributed by atoms with E-state index in [1.54, 1.807) is 0 Å². The molecule has 0 saturated carbocycles. The number of rotatable bonds is 4. The van der Waals surface area contributed by atoms with E-state index in [9.17, 15) is 0 Å². The molecule has 0 heterocycles. The van der Waals surface area contributed by atoms with Crippen molar-refractivity contribution >= 4 is 22.0 Å². The first-order valence-corrected chi connectivity index (χ1v) is 9.04. The van der Waals surface area contributed by atoms with Gasteiger partial charge in [0.1, 0.15) is 0 Å². The smallest absolute Gasteiger partial charge is 0.0865 e. The van der Waals surface area contributed by atoms with Crippen LogP contribution in [-0.4, -0.2) is 0 Å². The number of benzene rings is 3. The maximum atomic E-state index is 4.52. The van der Waals surface area contributed by atoms with Crippen molar-refractivity contribution in [1.82, 2.24) is 0 Å². The van der Waals surface area contributed by atoms with Crippen molar-refractivity contribution in [1.29, 1.82) is 0 Å². The lowest BCUT2D eigenvalue weighted by molar-refractivity contribution is 0.963. The normalized spacial score (nSPS) is 14.5. The number of azo groups is 1. The fourth-order valence-corrected chi connectivity index (χ4v) is 3.58. The Balaban J connectivity index is 1.78. The first-order valence-electron chi connectivity index (χ1n) is 9.04. The molecule has 0 aromatic heterocycles. The predicted octanol–water partition coefficient (Wildman–Crippen LogP) is 7.25. The van der Waals surface area contributed by atoms with Gasteiger partial charge in [-0.1, -0.05) is 66.2 Å². The summed E-state index contributed by atoms with van der Waals surface area (Å²) >= 11 is 0. The molecule has 3 aromatic carbocycles. The van der Waals surface area contributed by atoms with E-state index in [2.05, 4.69) is 66.6 Å². The van der Waals surface area contributed by atoms with Crippen LogP contribution in [0.25, 0.3) is 16.3 Å². The molecule has 0 fully saturated rings. The maximum Gasteiger partial charge on any atom is 0.0865 e. The van der Waals surface area contributed by atoms with Crippen molar-refractivity contribution in [2.24, 2.45) is 10.2 Å². The lowest BCUT2D eigenvalue weighted by atomic mass is 9.91. The van der Waals surface area contributed by atoms with Gasteiger partial charge in [0.2, 0.25) is 0 Å². The third kappa shape index (κ3) is 3.11. The van der Waals surface area contributed by atoms with Gasteiger partial charge in [0, 0.05) is 0 Å². The second kappa shape index (κ2) is 7.09. The van der Waals surface area contributed by atoms with E-state index in [1.165, 1.54) is 38.6 Å². The Morgan fingerprint density at radius 1 is 0.846 bits per heavy atom. The average molecular weight is 338 g/mol. The highest BCUT2D eigenvalue weighted by molar-refractivity contribution is 5.92. The van der Waals surface area contributed by atoms with Crippen LogP contribution in [0.5, 0.6) is 0 Å². The Morgan fingerprint density at radius 2 is 1.62 bits per heavy atom. The summed E-state index contributed by atoms with van der Waals surface area (Å²) in [6, 6.07) is 22.9. The van der Waals surface area contributed by atoms with Gasteiger partial charge < -0.3 is 0 Å². The van der Waals surface area contributed by atoms with E-state index < -0.39 is 0 Å². The highest BCUT2D eigenvalue weighted by atomic mass is 15.1. The molecule has 3 aromatic rings. The van der Waals surface area contributed by atoms with Crippen molar-refractivity contribution in [3.05, 3.63) is 95.1 Å². The number of nitrogens with zero attached hydrogens (tertiary/aromatic N) is 2. The molecule has 2 nitrogen and oxygen atoms in total. The van der Waals surface area contributed by atoms with Crippen LogP contribution < -0.4 is 0 Å². The molecule has 0 bridgehead atoms. The summed E-state index contributed by atoms with van der Waals surface area (Å²) in [5.74, 6) is 0. The zero-order valence-corrected chi connectivity index (χ0v) is 15.2. The lowest BCUT2D eigenvalue weighted by Crippen LogP contribution is -1.95. The van der Waals surface area contributed by atoms with Gasteiger partial charge >= 0.3 is 0 Å². The fraction of sp³-hybridized carbons (Fsp3) is 0.167. The molecule has 0 aliphatic heterocycles. The van der Waals surface area contributed by atoms with Gasteiger partial charge in [0.25, 0.3) is 0 Å². The van der Waals surface area contributed by atoms with Gasteiger partial charge in [-0.2, -0.15) is 10.2 Å². The Morgan fingerprint density at radius 3 is 2.38 bits per heavy atom. The summed E-state index contributed by atoms with van der Waals surface area (Å²) in [5.41, 5.74) is 7.65. The zero-order valence-electron chi connectivity index (χ0n) is 15.2. The lowest BCUT2D eigenvalue weighted by Gasteiger charge is -2.14. The van der Waals surface area contributed by atoms with Crippen molar-refractivity contribution in [2.45, 2.75) is 26.8 Å². The fourth-order valence-electron chi connectivity index (χ4n) is 3.58. The Labute approximate surface area is 154 Å². The summed E-state index contributed by atoms with van der Waals surface area (Å²) in [6.07, 6.45) is 3.31. The minimum Gasteiger partial charge on any atom is -0.184 e. The highest BCUT2D eigenvalue weighted by Gasteiger charge is 2.17. The van der Waals surface area contributed by atoms with Crippen LogP contribution in [0.4, 0.5) is 5.69 Å². The van der Waals surface area contributed by atoms with Gasteiger partial charge in [-0.05, 0) is 65.4 Å². The van der Waals surface area contributed by atoms with Crippen LogP contribution in [0, 0.1) is 0 Å². The number of hydrogen-bond acceptors (Lipinski definition) is 2. The summed E-state index contributed by atoms with van der Waals surface area (Å²) < 4.78 is 0. The van der Waals surface area contributed by atoms with E-state index in [0.29, 0.717) is 6.54 Å². The molecule has 1 aliphatic rings. The number of fused-ring (bicyclic) bond motifs is 1. The summed E-state index contributed by atoms with van der Waals surface area (Å²) in [5, 5.41) is 11.4. The molecular weight excluding hydrogens is 316 g/mol. The van der Waals surface area contributed by atoms with Crippen LogP contribution in [0.2, 0.25) is 0 Å². The number of hydrogen-bond donors (Lipinski definition) is 0. The number of allylic oxidation sites excluding steroid dienone is 4. The van der Waals surface area contributed by atoms with Crippen molar-refractivity contribution < 1.29 is 0 Å². The van der Waals surface area contributed by atoms with Crippen molar-refractivity contribution in [3.63, 3.8) is 0 Å². The Hall–Kier alpha value is -3.00. The molecular formula is C24H22N2. The minimum absolute atomic E-state index is 0.585. The van der Waals surface area contributed by atoms with Gasteiger partial charge in [-0.25, -0.2) is 0 Å². The van der Waals surface area contributed by atoms with Crippen molar-refractivity contribution in [3.8, 4) is 0 Å². The summed E-state index contributed by atoms with van der Waals surface area (Å²) in [7, 11) is 0. The molecule has 2 heteroatoms. The molecule has 0 unspecified atom stereocenters. The van der Waals surface area contributed by atoms with E-state index in [1.807, 2.05) is 30.3 Å². The molecule has 0 radical (unpaired) electrons. The van der Waals surface area contributed by atoms with Crippen molar-refractivity contribution in [2.75, 3.05) is 0 Å². The minimum atomic E-state index is 0.585. The topological polar surface area (TPSA) is 24.7 Å². The first-order chi connectivity index (χ1) is 12.7. The zero-order chi connectivity index (χ0) is 17.9. The molecule has 1 aliphatic carbocycles. The van der Waals surface area contributed by atoms with Gasteiger partial charge in [0.15, 0.2) is 0 Å². The molecule has 26 heavy (non-hydrogen) atoms. The Bertz CT molecular complexity index is 1040.